The first-order chi connectivity index (χ1) is 10.9. The van der Waals surface area contributed by atoms with Crippen molar-refractivity contribution >= 4 is 29.4 Å². The van der Waals surface area contributed by atoms with Crippen LogP contribution >= 0.6 is 0 Å². The molecule has 1 heterocycles. The number of hydrogen-bond acceptors (Lipinski definition) is 6. The lowest BCUT2D eigenvalue weighted by Crippen LogP contribution is -2.37. The zero-order valence-corrected chi connectivity index (χ0v) is 12.9. The molecule has 1 fully saturated rings. The SMILES string of the molecule is CN(C)c1ccc(C(=O)NCC(=O)ON2C(=O)CCC2=O)cc1. The van der Waals surface area contributed by atoms with Crippen molar-refractivity contribution in [2.75, 3.05) is 25.5 Å². The Labute approximate surface area is 132 Å². The molecule has 1 aromatic carbocycles. The highest BCUT2D eigenvalue weighted by molar-refractivity contribution is 6.02. The van der Waals surface area contributed by atoms with E-state index in [2.05, 4.69) is 10.2 Å². The second-order valence-electron chi connectivity index (χ2n) is 5.17. The van der Waals surface area contributed by atoms with E-state index in [4.69, 9.17) is 0 Å². The summed E-state index contributed by atoms with van der Waals surface area (Å²) in [6.45, 7) is -0.439. The topological polar surface area (TPSA) is 96.0 Å². The zero-order valence-electron chi connectivity index (χ0n) is 12.9. The molecule has 122 valence electrons. The normalized spacial score (nSPS) is 13.9. The number of carbonyl (C=O) groups excluding carboxylic acids is 4. The molecule has 8 heteroatoms. The first-order valence-corrected chi connectivity index (χ1v) is 7.00. The van der Waals surface area contributed by atoms with E-state index in [0.717, 1.165) is 5.69 Å². The van der Waals surface area contributed by atoms with E-state index in [1.54, 1.807) is 24.3 Å². The molecule has 0 aliphatic carbocycles. The van der Waals surface area contributed by atoms with Crippen LogP contribution in [0.4, 0.5) is 5.69 Å². The van der Waals surface area contributed by atoms with Crippen LogP contribution in [0.1, 0.15) is 23.2 Å². The van der Waals surface area contributed by atoms with Gasteiger partial charge in [0, 0.05) is 38.2 Å². The lowest BCUT2D eigenvalue weighted by molar-refractivity contribution is -0.196. The average Bonchev–Trinajstić information content (AvgIpc) is 2.84. The third-order valence-electron chi connectivity index (χ3n) is 3.24. The Hall–Kier alpha value is -2.90. The number of benzene rings is 1. The van der Waals surface area contributed by atoms with Gasteiger partial charge in [0.25, 0.3) is 17.7 Å². The number of hydrogen-bond donors (Lipinski definition) is 1. The lowest BCUT2D eigenvalue weighted by Gasteiger charge is -2.13. The number of hydroxylamine groups is 2. The van der Waals surface area contributed by atoms with Gasteiger partial charge in [-0.05, 0) is 24.3 Å². The Morgan fingerprint density at radius 2 is 1.70 bits per heavy atom. The second kappa shape index (κ2) is 6.91. The number of rotatable bonds is 5. The molecule has 8 nitrogen and oxygen atoms in total. The van der Waals surface area contributed by atoms with E-state index in [0.29, 0.717) is 10.6 Å². The number of imide groups is 1. The first kappa shape index (κ1) is 16.5. The van der Waals surface area contributed by atoms with Gasteiger partial charge in [-0.3, -0.25) is 14.4 Å². The van der Waals surface area contributed by atoms with Crippen LogP contribution in [0.5, 0.6) is 0 Å². The van der Waals surface area contributed by atoms with Gasteiger partial charge in [0.1, 0.15) is 6.54 Å². The molecule has 1 aliphatic rings. The second-order valence-corrected chi connectivity index (χ2v) is 5.17. The smallest absolute Gasteiger partial charge is 0.352 e. The van der Waals surface area contributed by atoms with E-state index in [-0.39, 0.29) is 12.8 Å². The molecule has 1 saturated heterocycles. The van der Waals surface area contributed by atoms with E-state index in [1.165, 1.54) is 0 Å². The first-order valence-electron chi connectivity index (χ1n) is 7.00. The summed E-state index contributed by atoms with van der Waals surface area (Å²) in [4.78, 5) is 52.6. The Morgan fingerprint density at radius 3 is 2.22 bits per heavy atom. The maximum Gasteiger partial charge on any atom is 0.352 e. The van der Waals surface area contributed by atoms with E-state index >= 15 is 0 Å². The van der Waals surface area contributed by atoms with Crippen LogP contribution in [-0.2, 0) is 19.2 Å². The van der Waals surface area contributed by atoms with Crippen LogP contribution in [0.3, 0.4) is 0 Å². The summed E-state index contributed by atoms with van der Waals surface area (Å²) in [6.07, 6.45) is 0.0490. The molecule has 0 saturated carbocycles. The minimum atomic E-state index is -0.883. The zero-order chi connectivity index (χ0) is 17.0. The molecular formula is C15H17N3O5. The fourth-order valence-electron chi connectivity index (χ4n) is 1.96. The number of anilines is 1. The molecule has 3 amide bonds. The summed E-state index contributed by atoms with van der Waals surface area (Å²) in [5.41, 5.74) is 1.32. The van der Waals surface area contributed by atoms with Gasteiger partial charge in [0.05, 0.1) is 0 Å². The van der Waals surface area contributed by atoms with Gasteiger partial charge in [0.2, 0.25) is 0 Å². The van der Waals surface area contributed by atoms with Gasteiger partial charge in [-0.25, -0.2) is 4.79 Å². The van der Waals surface area contributed by atoms with Crippen molar-refractivity contribution in [3.8, 4) is 0 Å². The summed E-state index contributed by atoms with van der Waals surface area (Å²) in [5.74, 6) is -2.46. The fraction of sp³-hybridized carbons (Fsp3) is 0.333. The molecule has 0 aromatic heterocycles. The number of nitrogens with one attached hydrogen (secondary N) is 1. The predicted molar refractivity (Wildman–Crippen MR) is 80.3 cm³/mol. The summed E-state index contributed by atoms with van der Waals surface area (Å²) in [7, 11) is 3.76. The molecule has 0 unspecified atom stereocenters. The van der Waals surface area contributed by atoms with Gasteiger partial charge in [-0.1, -0.05) is 0 Å². The highest BCUT2D eigenvalue weighted by atomic mass is 16.7. The fourth-order valence-corrected chi connectivity index (χ4v) is 1.96. The Bertz CT molecular complexity index is 623. The molecule has 0 bridgehead atoms. The van der Waals surface area contributed by atoms with Crippen LogP contribution in [0.25, 0.3) is 0 Å². The Morgan fingerprint density at radius 1 is 1.13 bits per heavy atom. The van der Waals surface area contributed by atoms with Crippen LogP contribution < -0.4 is 10.2 Å². The number of nitrogens with zero attached hydrogens (tertiary/aromatic N) is 2. The third kappa shape index (κ3) is 4.06. The van der Waals surface area contributed by atoms with Gasteiger partial charge >= 0.3 is 5.97 Å². The minimum absolute atomic E-state index is 0.0245. The van der Waals surface area contributed by atoms with Gasteiger partial charge < -0.3 is 15.1 Å². The highest BCUT2D eigenvalue weighted by Crippen LogP contribution is 2.13. The van der Waals surface area contributed by atoms with E-state index in [9.17, 15) is 19.2 Å². The predicted octanol–water partition coefficient (Wildman–Crippen LogP) is 0.0896. The molecule has 1 aliphatic heterocycles. The highest BCUT2D eigenvalue weighted by Gasteiger charge is 2.32. The molecule has 1 aromatic rings. The van der Waals surface area contributed by atoms with Gasteiger partial charge in [-0.2, -0.15) is 0 Å². The molecule has 0 radical (unpaired) electrons. The van der Waals surface area contributed by atoms with Crippen LogP contribution in [-0.4, -0.2) is 49.4 Å². The average molecular weight is 319 g/mol. The molecule has 1 N–H and O–H groups in total. The van der Waals surface area contributed by atoms with Crippen molar-refractivity contribution in [3.63, 3.8) is 0 Å². The van der Waals surface area contributed by atoms with E-state index in [1.807, 2.05) is 19.0 Å². The summed E-state index contributed by atoms with van der Waals surface area (Å²) < 4.78 is 0. The van der Waals surface area contributed by atoms with Crippen LogP contribution in [0.2, 0.25) is 0 Å². The Kier molecular flexibility index (Phi) is 4.95. The summed E-state index contributed by atoms with van der Waals surface area (Å²) in [6, 6.07) is 6.80. The van der Waals surface area contributed by atoms with Gasteiger partial charge in [-0.15, -0.1) is 5.06 Å². The standard InChI is InChI=1S/C15H17N3O5/c1-17(2)11-5-3-10(4-6-11)15(22)16-9-14(21)23-18-12(19)7-8-13(18)20/h3-6H,7-9H2,1-2H3,(H,16,22). The quantitative estimate of drug-likeness (QED) is 0.773. The molecule has 23 heavy (non-hydrogen) atoms. The molecule has 0 atom stereocenters. The van der Waals surface area contributed by atoms with E-state index < -0.39 is 30.2 Å². The molecule has 2 rings (SSSR count). The number of carbonyl (C=O) groups is 4. The summed E-state index contributed by atoms with van der Waals surface area (Å²) >= 11 is 0. The maximum absolute atomic E-state index is 11.9. The molecule has 0 spiro atoms. The van der Waals surface area contributed by atoms with Gasteiger partial charge in [0.15, 0.2) is 0 Å². The van der Waals surface area contributed by atoms with Crippen molar-refractivity contribution in [3.05, 3.63) is 29.8 Å². The monoisotopic (exact) mass is 319 g/mol. The maximum atomic E-state index is 11.9. The van der Waals surface area contributed by atoms with Crippen LogP contribution in [0.15, 0.2) is 24.3 Å². The van der Waals surface area contributed by atoms with Crippen molar-refractivity contribution in [2.24, 2.45) is 0 Å². The number of amides is 3. The molecular weight excluding hydrogens is 302 g/mol. The third-order valence-corrected chi connectivity index (χ3v) is 3.24. The summed E-state index contributed by atoms with van der Waals surface area (Å²) in [5, 5.41) is 2.82. The largest absolute Gasteiger partial charge is 0.378 e. The van der Waals surface area contributed by atoms with Crippen molar-refractivity contribution < 1.29 is 24.0 Å². The Balaban J connectivity index is 1.85. The van der Waals surface area contributed by atoms with Crippen molar-refractivity contribution in [1.82, 2.24) is 10.4 Å². The lowest BCUT2D eigenvalue weighted by atomic mass is 10.2. The van der Waals surface area contributed by atoms with Crippen molar-refractivity contribution in [1.29, 1.82) is 0 Å². The van der Waals surface area contributed by atoms with Crippen molar-refractivity contribution in [2.45, 2.75) is 12.8 Å². The van der Waals surface area contributed by atoms with Crippen LogP contribution in [0, 0.1) is 0 Å². The minimum Gasteiger partial charge on any atom is -0.378 e.